The third-order valence-corrected chi connectivity index (χ3v) is 6.80. The summed E-state index contributed by atoms with van der Waals surface area (Å²) in [6.07, 6.45) is 1.20. The van der Waals surface area contributed by atoms with Gasteiger partial charge < -0.3 is 4.18 Å². The lowest BCUT2D eigenvalue weighted by Gasteiger charge is -2.29. The Hall–Kier alpha value is -1.28. The lowest BCUT2D eigenvalue weighted by Crippen LogP contribution is -2.31. The SMILES string of the molecule is C[Si](C)(C)C1=C(OS(=O)(=O)C(F)(F)F)c2ccccc2CC1. The number of alkyl halides is 3. The van der Waals surface area contributed by atoms with E-state index in [2.05, 4.69) is 4.18 Å². The molecule has 1 aliphatic carbocycles. The van der Waals surface area contributed by atoms with E-state index in [-0.39, 0.29) is 5.76 Å². The highest BCUT2D eigenvalue weighted by molar-refractivity contribution is 7.87. The summed E-state index contributed by atoms with van der Waals surface area (Å²) in [5.41, 5.74) is -4.19. The predicted molar refractivity (Wildman–Crippen MR) is 81.1 cm³/mol. The number of allylic oxidation sites excluding steroid dienone is 1. The van der Waals surface area contributed by atoms with Crippen molar-refractivity contribution in [2.75, 3.05) is 0 Å². The normalized spacial score (nSPS) is 16.5. The molecule has 1 aromatic rings. The fraction of sp³-hybridized carbons (Fsp3) is 0.429. The van der Waals surface area contributed by atoms with Gasteiger partial charge in [0.05, 0.1) is 8.07 Å². The van der Waals surface area contributed by atoms with Crippen molar-refractivity contribution in [2.45, 2.75) is 38.0 Å². The molecule has 0 bridgehead atoms. The predicted octanol–water partition coefficient (Wildman–Crippen LogP) is 4.09. The molecule has 0 unspecified atom stereocenters. The van der Waals surface area contributed by atoms with E-state index in [1.165, 1.54) is 0 Å². The van der Waals surface area contributed by atoms with E-state index < -0.39 is 23.7 Å². The molecule has 0 amide bonds. The molecule has 0 spiro atoms. The van der Waals surface area contributed by atoms with Crippen LogP contribution in [-0.4, -0.2) is 22.0 Å². The molecule has 0 atom stereocenters. The minimum absolute atomic E-state index is 0.127. The van der Waals surface area contributed by atoms with Crippen molar-refractivity contribution >= 4 is 24.0 Å². The number of halogens is 3. The van der Waals surface area contributed by atoms with Crippen LogP contribution in [-0.2, 0) is 20.7 Å². The van der Waals surface area contributed by atoms with Gasteiger partial charge in [-0.3, -0.25) is 0 Å². The molecule has 8 heteroatoms. The van der Waals surface area contributed by atoms with Gasteiger partial charge in [0, 0.05) is 5.56 Å². The first-order valence-electron chi connectivity index (χ1n) is 6.76. The summed E-state index contributed by atoms with van der Waals surface area (Å²) in [5.74, 6) is -0.127. The van der Waals surface area contributed by atoms with E-state index in [9.17, 15) is 21.6 Å². The molecular formula is C14H17F3O3SSi. The highest BCUT2D eigenvalue weighted by Gasteiger charge is 2.49. The molecule has 2 rings (SSSR count). The quantitative estimate of drug-likeness (QED) is 0.468. The maximum absolute atomic E-state index is 12.7. The van der Waals surface area contributed by atoms with E-state index in [4.69, 9.17) is 0 Å². The van der Waals surface area contributed by atoms with Crippen LogP contribution in [0.2, 0.25) is 19.6 Å². The summed E-state index contributed by atoms with van der Waals surface area (Å²) < 4.78 is 65.4. The highest BCUT2D eigenvalue weighted by Crippen LogP contribution is 2.39. The Kier molecular flexibility index (Phi) is 4.20. The van der Waals surface area contributed by atoms with Gasteiger partial charge in [-0.25, -0.2) is 0 Å². The van der Waals surface area contributed by atoms with Crippen molar-refractivity contribution in [3.63, 3.8) is 0 Å². The Bertz CT molecular complexity index is 716. The van der Waals surface area contributed by atoms with Gasteiger partial charge in [0.15, 0.2) is 0 Å². The van der Waals surface area contributed by atoms with Crippen LogP contribution in [0, 0.1) is 0 Å². The smallest absolute Gasteiger partial charge is 0.376 e. The summed E-state index contributed by atoms with van der Waals surface area (Å²) in [6, 6.07) is 6.82. The fourth-order valence-electron chi connectivity index (χ4n) is 2.46. The van der Waals surface area contributed by atoms with E-state index in [1.807, 2.05) is 19.6 Å². The summed E-state index contributed by atoms with van der Waals surface area (Å²) in [4.78, 5) is 0. The number of rotatable bonds is 3. The van der Waals surface area contributed by atoms with E-state index >= 15 is 0 Å². The second-order valence-corrected chi connectivity index (χ2v) is 12.8. The summed E-state index contributed by atoms with van der Waals surface area (Å²) in [5, 5.41) is 0.707. The molecule has 0 N–H and O–H groups in total. The maximum Gasteiger partial charge on any atom is 0.534 e. The van der Waals surface area contributed by atoms with E-state index in [1.54, 1.807) is 24.3 Å². The van der Waals surface area contributed by atoms with Crippen LogP contribution < -0.4 is 0 Å². The molecule has 22 heavy (non-hydrogen) atoms. The Morgan fingerprint density at radius 3 is 2.23 bits per heavy atom. The molecular weight excluding hydrogens is 333 g/mol. The third kappa shape index (κ3) is 3.22. The monoisotopic (exact) mass is 350 g/mol. The Labute approximate surface area is 128 Å². The van der Waals surface area contributed by atoms with Crippen molar-refractivity contribution in [3.8, 4) is 0 Å². The Balaban J connectivity index is 2.62. The summed E-state index contributed by atoms with van der Waals surface area (Å²) in [6.45, 7) is 5.87. The first-order chi connectivity index (χ1) is 9.93. The first-order valence-corrected chi connectivity index (χ1v) is 11.7. The third-order valence-electron chi connectivity index (χ3n) is 3.56. The van der Waals surface area contributed by atoms with Gasteiger partial charge in [-0.15, -0.1) is 0 Å². The molecule has 3 nitrogen and oxygen atoms in total. The zero-order chi connectivity index (χ0) is 16.8. The number of fused-ring (bicyclic) bond motifs is 1. The van der Waals surface area contributed by atoms with Crippen LogP contribution >= 0.6 is 0 Å². The number of hydrogen-bond donors (Lipinski definition) is 0. The van der Waals surface area contributed by atoms with Crippen molar-refractivity contribution in [1.29, 1.82) is 0 Å². The van der Waals surface area contributed by atoms with E-state index in [0.29, 0.717) is 23.6 Å². The van der Waals surface area contributed by atoms with Gasteiger partial charge in [-0.05, 0) is 23.6 Å². The summed E-state index contributed by atoms with van der Waals surface area (Å²) in [7, 11) is -7.69. The molecule has 1 aliphatic rings. The lowest BCUT2D eigenvalue weighted by molar-refractivity contribution is -0.0509. The Morgan fingerprint density at radius 1 is 1.09 bits per heavy atom. The van der Waals surface area contributed by atoms with Gasteiger partial charge in [0.25, 0.3) is 0 Å². The first kappa shape index (κ1) is 17.1. The van der Waals surface area contributed by atoms with Gasteiger partial charge in [-0.1, -0.05) is 43.9 Å². The van der Waals surface area contributed by atoms with Crippen LogP contribution in [0.3, 0.4) is 0 Å². The van der Waals surface area contributed by atoms with Crippen molar-refractivity contribution in [1.82, 2.24) is 0 Å². The van der Waals surface area contributed by atoms with Gasteiger partial charge in [0.2, 0.25) is 0 Å². The average Bonchev–Trinajstić information content (AvgIpc) is 2.36. The lowest BCUT2D eigenvalue weighted by atomic mass is 9.96. The highest BCUT2D eigenvalue weighted by atomic mass is 32.2. The van der Waals surface area contributed by atoms with Crippen molar-refractivity contribution in [3.05, 3.63) is 40.6 Å². The van der Waals surface area contributed by atoms with E-state index in [0.717, 1.165) is 5.56 Å². The van der Waals surface area contributed by atoms with Gasteiger partial charge >= 0.3 is 15.6 Å². The second-order valence-electron chi connectivity index (χ2n) is 6.20. The molecule has 1 aromatic carbocycles. The summed E-state index contributed by atoms with van der Waals surface area (Å²) >= 11 is 0. The minimum Gasteiger partial charge on any atom is -0.376 e. The largest absolute Gasteiger partial charge is 0.534 e. The van der Waals surface area contributed by atoms with Crippen LogP contribution in [0.4, 0.5) is 13.2 Å². The van der Waals surface area contributed by atoms with Crippen LogP contribution in [0.25, 0.3) is 5.76 Å². The van der Waals surface area contributed by atoms with Gasteiger partial charge in [0.1, 0.15) is 5.76 Å². The minimum atomic E-state index is -5.67. The number of aryl methyl sites for hydroxylation is 1. The molecule has 122 valence electrons. The second kappa shape index (κ2) is 5.41. The molecule has 0 fully saturated rings. The number of benzene rings is 1. The standard InChI is InChI=1S/C14H17F3O3SSi/c1-22(2,3)12-9-8-10-6-4-5-7-11(10)13(12)20-21(18,19)14(15,16)17/h4-7H,8-9H2,1-3H3. The van der Waals surface area contributed by atoms with Crippen molar-refractivity contribution in [2.24, 2.45) is 0 Å². The maximum atomic E-state index is 12.7. The molecule has 0 saturated carbocycles. The molecule has 0 aromatic heterocycles. The van der Waals surface area contributed by atoms with Gasteiger partial charge in [-0.2, -0.15) is 21.6 Å². The zero-order valence-electron chi connectivity index (χ0n) is 12.5. The Morgan fingerprint density at radius 2 is 1.68 bits per heavy atom. The van der Waals surface area contributed by atoms with Crippen LogP contribution in [0.1, 0.15) is 17.5 Å². The van der Waals surface area contributed by atoms with Crippen LogP contribution in [0.5, 0.6) is 0 Å². The molecule has 0 aliphatic heterocycles. The number of hydrogen-bond acceptors (Lipinski definition) is 3. The topological polar surface area (TPSA) is 43.4 Å². The fourth-order valence-corrected chi connectivity index (χ4v) is 4.78. The molecule has 0 radical (unpaired) electrons. The van der Waals surface area contributed by atoms with Crippen molar-refractivity contribution < 1.29 is 25.8 Å². The average molecular weight is 350 g/mol. The zero-order valence-corrected chi connectivity index (χ0v) is 14.3. The van der Waals surface area contributed by atoms with Crippen LogP contribution in [0.15, 0.2) is 29.5 Å². The molecule has 0 heterocycles. The molecule has 0 saturated heterocycles.